The summed E-state index contributed by atoms with van der Waals surface area (Å²) in [5.41, 5.74) is 2.73. The molecule has 0 spiro atoms. The van der Waals surface area contributed by atoms with Crippen molar-refractivity contribution in [3.05, 3.63) is 55.4 Å². The Hall–Kier alpha value is -0.710. The maximum atomic E-state index is 14.4. The first kappa shape index (κ1) is 15.7. The largest absolute Gasteiger partial charge is 0.305 e. The monoisotopic (exact) mass is 355 g/mol. The minimum atomic E-state index is -0.124. The van der Waals surface area contributed by atoms with Gasteiger partial charge in [-0.1, -0.05) is 13.0 Å². The lowest BCUT2D eigenvalue weighted by Crippen LogP contribution is -2.24. The maximum absolute atomic E-state index is 14.4. The number of rotatable bonds is 5. The molecule has 1 aromatic carbocycles. The molecule has 1 N–H and O–H groups in total. The summed E-state index contributed by atoms with van der Waals surface area (Å²) in [6.07, 6.45) is 1.02. The van der Waals surface area contributed by atoms with E-state index >= 15 is 0 Å². The van der Waals surface area contributed by atoms with E-state index in [9.17, 15) is 4.39 Å². The quantitative estimate of drug-likeness (QED) is 0.761. The lowest BCUT2D eigenvalue weighted by molar-refractivity contribution is 0.547. The molecule has 2 rings (SSSR count). The molecule has 4 heteroatoms. The highest BCUT2D eigenvalue weighted by molar-refractivity contribution is 9.11. The van der Waals surface area contributed by atoms with Crippen LogP contribution in [0.4, 0.5) is 4.39 Å². The molecule has 1 aromatic heterocycles. The second kappa shape index (κ2) is 6.83. The Balaban J connectivity index is 2.46. The van der Waals surface area contributed by atoms with Crippen molar-refractivity contribution in [2.45, 2.75) is 33.2 Å². The first-order chi connectivity index (χ1) is 9.52. The molecule has 1 atom stereocenters. The van der Waals surface area contributed by atoms with Gasteiger partial charge in [0.25, 0.3) is 0 Å². The lowest BCUT2D eigenvalue weighted by atomic mass is 9.97. The predicted molar refractivity (Wildman–Crippen MR) is 88.0 cm³/mol. The molecule has 0 saturated heterocycles. The highest BCUT2D eigenvalue weighted by Gasteiger charge is 2.21. The molecular weight excluding hydrogens is 337 g/mol. The van der Waals surface area contributed by atoms with Crippen molar-refractivity contribution in [3.63, 3.8) is 0 Å². The Morgan fingerprint density at radius 3 is 2.60 bits per heavy atom. The van der Waals surface area contributed by atoms with E-state index < -0.39 is 0 Å². The number of benzene rings is 1. The van der Waals surface area contributed by atoms with Gasteiger partial charge in [0.2, 0.25) is 0 Å². The van der Waals surface area contributed by atoms with Gasteiger partial charge in [-0.15, -0.1) is 11.3 Å². The first-order valence-electron chi connectivity index (χ1n) is 6.78. The third-order valence-corrected chi connectivity index (χ3v) is 4.93. The molecule has 20 heavy (non-hydrogen) atoms. The fourth-order valence-corrected chi connectivity index (χ4v) is 3.92. The molecule has 0 radical (unpaired) electrons. The molecule has 1 nitrogen and oxygen atoms in total. The summed E-state index contributed by atoms with van der Waals surface area (Å²) < 4.78 is 15.5. The maximum Gasteiger partial charge on any atom is 0.128 e. The normalized spacial score (nSPS) is 12.7. The van der Waals surface area contributed by atoms with Crippen LogP contribution in [0.25, 0.3) is 0 Å². The van der Waals surface area contributed by atoms with Crippen molar-refractivity contribution in [1.29, 1.82) is 0 Å². The van der Waals surface area contributed by atoms with Crippen LogP contribution in [0.5, 0.6) is 0 Å². The molecule has 0 fully saturated rings. The van der Waals surface area contributed by atoms with E-state index in [4.69, 9.17) is 0 Å². The zero-order valence-corrected chi connectivity index (χ0v) is 14.4. The van der Waals surface area contributed by atoms with E-state index in [0.717, 1.165) is 38.3 Å². The van der Waals surface area contributed by atoms with Gasteiger partial charge in [-0.3, -0.25) is 0 Å². The summed E-state index contributed by atoms with van der Waals surface area (Å²) in [5.74, 6) is -0.124. The summed E-state index contributed by atoms with van der Waals surface area (Å²) in [5, 5.41) is 3.47. The molecule has 0 aliphatic heterocycles. The van der Waals surface area contributed by atoms with Crippen molar-refractivity contribution < 1.29 is 4.39 Å². The Morgan fingerprint density at radius 2 is 2.05 bits per heavy atom. The summed E-state index contributed by atoms with van der Waals surface area (Å²) in [7, 11) is 0. The predicted octanol–water partition coefficient (Wildman–Crippen LogP) is 5.36. The van der Waals surface area contributed by atoms with Crippen molar-refractivity contribution in [3.8, 4) is 0 Å². The molecular formula is C16H19BrFNS. The minimum absolute atomic E-state index is 0.0770. The second-order valence-corrected chi connectivity index (χ2v) is 7.50. The van der Waals surface area contributed by atoms with Crippen LogP contribution in [0.1, 0.15) is 41.0 Å². The SMILES string of the molecule is CCCNC(c1ccc(Br)s1)c1c(C)cc(C)cc1F. The summed E-state index contributed by atoms with van der Waals surface area (Å²) in [6, 6.07) is 7.66. The summed E-state index contributed by atoms with van der Waals surface area (Å²) >= 11 is 5.14. The van der Waals surface area contributed by atoms with E-state index in [1.54, 1.807) is 17.4 Å². The number of halogens is 2. The van der Waals surface area contributed by atoms with Gasteiger partial charge in [0.05, 0.1) is 9.83 Å². The molecule has 0 aliphatic carbocycles. The van der Waals surface area contributed by atoms with Crippen molar-refractivity contribution in [2.24, 2.45) is 0 Å². The van der Waals surface area contributed by atoms with Gasteiger partial charge in [0, 0.05) is 10.4 Å². The molecule has 0 aliphatic rings. The average Bonchev–Trinajstić information content (AvgIpc) is 2.78. The van der Waals surface area contributed by atoms with E-state index in [0.29, 0.717) is 0 Å². The van der Waals surface area contributed by atoms with Gasteiger partial charge < -0.3 is 5.32 Å². The van der Waals surface area contributed by atoms with E-state index in [1.165, 1.54) is 0 Å². The van der Waals surface area contributed by atoms with E-state index in [1.807, 2.05) is 26.0 Å². The number of nitrogens with one attached hydrogen (secondary N) is 1. The number of hydrogen-bond acceptors (Lipinski definition) is 2. The van der Waals surface area contributed by atoms with Crippen LogP contribution in [-0.4, -0.2) is 6.54 Å². The Bertz CT molecular complexity index is 571. The van der Waals surface area contributed by atoms with Gasteiger partial charge in [-0.2, -0.15) is 0 Å². The van der Waals surface area contributed by atoms with Crippen LogP contribution in [0, 0.1) is 19.7 Å². The molecule has 0 bridgehead atoms. The van der Waals surface area contributed by atoms with Crippen LogP contribution in [0.3, 0.4) is 0 Å². The number of hydrogen-bond donors (Lipinski definition) is 1. The minimum Gasteiger partial charge on any atom is -0.305 e. The number of aryl methyl sites for hydroxylation is 2. The summed E-state index contributed by atoms with van der Waals surface area (Å²) in [4.78, 5) is 1.14. The molecule has 1 unspecified atom stereocenters. The van der Waals surface area contributed by atoms with Crippen LogP contribution in [0.15, 0.2) is 28.1 Å². The number of thiophene rings is 1. The molecule has 0 saturated carbocycles. The van der Waals surface area contributed by atoms with Gasteiger partial charge >= 0.3 is 0 Å². The van der Waals surface area contributed by atoms with Crippen LogP contribution >= 0.6 is 27.3 Å². The van der Waals surface area contributed by atoms with Crippen molar-refractivity contribution in [2.75, 3.05) is 6.54 Å². The van der Waals surface area contributed by atoms with E-state index in [-0.39, 0.29) is 11.9 Å². The topological polar surface area (TPSA) is 12.0 Å². The Morgan fingerprint density at radius 1 is 1.30 bits per heavy atom. The Labute approximate surface area is 132 Å². The van der Waals surface area contributed by atoms with Gasteiger partial charge in [-0.25, -0.2) is 4.39 Å². The molecule has 1 heterocycles. The van der Waals surface area contributed by atoms with Crippen LogP contribution in [-0.2, 0) is 0 Å². The van der Waals surface area contributed by atoms with Gasteiger partial charge in [0.15, 0.2) is 0 Å². The highest BCUT2D eigenvalue weighted by Crippen LogP contribution is 2.34. The van der Waals surface area contributed by atoms with Crippen molar-refractivity contribution in [1.82, 2.24) is 5.32 Å². The average molecular weight is 356 g/mol. The Kier molecular flexibility index (Phi) is 5.35. The second-order valence-electron chi connectivity index (χ2n) is 5.01. The third-order valence-electron chi connectivity index (χ3n) is 3.25. The fourth-order valence-electron chi connectivity index (χ4n) is 2.41. The zero-order chi connectivity index (χ0) is 14.7. The third kappa shape index (κ3) is 3.48. The lowest BCUT2D eigenvalue weighted by Gasteiger charge is -2.21. The van der Waals surface area contributed by atoms with Gasteiger partial charge in [-0.05, 0) is 72.1 Å². The summed E-state index contributed by atoms with van der Waals surface area (Å²) in [6.45, 7) is 6.89. The molecule has 0 amide bonds. The standard InChI is InChI=1S/C16H19BrFNS/c1-4-7-19-16(13-5-6-14(17)20-13)15-11(3)8-10(2)9-12(15)18/h5-6,8-9,16,19H,4,7H2,1-3H3. The van der Waals surface area contributed by atoms with Gasteiger partial charge in [0.1, 0.15) is 5.82 Å². The molecule has 2 aromatic rings. The fraction of sp³-hybridized carbons (Fsp3) is 0.375. The van der Waals surface area contributed by atoms with E-state index in [2.05, 4.69) is 34.2 Å². The smallest absolute Gasteiger partial charge is 0.128 e. The first-order valence-corrected chi connectivity index (χ1v) is 8.39. The van der Waals surface area contributed by atoms with Crippen LogP contribution < -0.4 is 5.32 Å². The zero-order valence-electron chi connectivity index (χ0n) is 12.0. The molecule has 108 valence electrons. The van der Waals surface area contributed by atoms with Crippen molar-refractivity contribution >= 4 is 27.3 Å². The highest BCUT2D eigenvalue weighted by atomic mass is 79.9. The van der Waals surface area contributed by atoms with Crippen LogP contribution in [0.2, 0.25) is 0 Å².